The Kier molecular flexibility index (Phi) is 4.61. The summed E-state index contributed by atoms with van der Waals surface area (Å²) in [7, 11) is 0. The van der Waals surface area contributed by atoms with Crippen molar-refractivity contribution in [2.75, 3.05) is 13.1 Å². The van der Waals surface area contributed by atoms with Crippen LogP contribution in [0.4, 0.5) is 0 Å². The topological polar surface area (TPSA) is 46.3 Å². The van der Waals surface area contributed by atoms with Gasteiger partial charge in [0.1, 0.15) is 0 Å². The minimum absolute atomic E-state index is 0.233. The van der Waals surface area contributed by atoms with Crippen molar-refractivity contribution in [3.05, 3.63) is 34.9 Å². The summed E-state index contributed by atoms with van der Waals surface area (Å²) in [6.45, 7) is 1.61. The van der Waals surface area contributed by atoms with E-state index in [4.69, 9.17) is 17.3 Å². The Labute approximate surface area is 113 Å². The van der Waals surface area contributed by atoms with E-state index in [0.29, 0.717) is 6.42 Å². The van der Waals surface area contributed by atoms with Crippen molar-refractivity contribution in [2.24, 2.45) is 5.73 Å². The Morgan fingerprint density at radius 3 is 2.50 bits per heavy atom. The molecule has 1 amide bonds. The number of rotatable bonds is 3. The van der Waals surface area contributed by atoms with E-state index >= 15 is 0 Å². The highest BCUT2D eigenvalue weighted by Crippen LogP contribution is 2.13. The van der Waals surface area contributed by atoms with Gasteiger partial charge in [-0.15, -0.1) is 0 Å². The fourth-order valence-electron chi connectivity index (χ4n) is 2.21. The quantitative estimate of drug-likeness (QED) is 0.912. The van der Waals surface area contributed by atoms with E-state index in [0.717, 1.165) is 42.9 Å². The van der Waals surface area contributed by atoms with Gasteiger partial charge in [0.2, 0.25) is 5.91 Å². The lowest BCUT2D eigenvalue weighted by molar-refractivity contribution is -0.132. The first-order valence-electron chi connectivity index (χ1n) is 6.43. The van der Waals surface area contributed by atoms with Gasteiger partial charge in [0.05, 0.1) is 0 Å². The van der Waals surface area contributed by atoms with E-state index < -0.39 is 0 Å². The molecule has 0 bridgehead atoms. The van der Waals surface area contributed by atoms with E-state index in [1.165, 1.54) is 0 Å². The van der Waals surface area contributed by atoms with Crippen LogP contribution in [0.25, 0.3) is 0 Å². The molecule has 1 aliphatic heterocycles. The average molecular weight is 267 g/mol. The number of halogens is 1. The summed E-state index contributed by atoms with van der Waals surface area (Å²) < 4.78 is 0. The number of likely N-dealkylation sites (tertiary alicyclic amines) is 1. The number of piperidine rings is 1. The zero-order valence-corrected chi connectivity index (χ0v) is 11.2. The first-order chi connectivity index (χ1) is 8.65. The fourth-order valence-corrected chi connectivity index (χ4v) is 2.34. The molecule has 1 aromatic rings. The molecular formula is C14H19ClN2O. The monoisotopic (exact) mass is 266 g/mol. The lowest BCUT2D eigenvalue weighted by atomic mass is 10.0. The maximum absolute atomic E-state index is 12.0. The predicted molar refractivity (Wildman–Crippen MR) is 73.6 cm³/mol. The molecular weight excluding hydrogens is 248 g/mol. The molecule has 0 radical (unpaired) electrons. The molecule has 2 N–H and O–H groups in total. The summed E-state index contributed by atoms with van der Waals surface area (Å²) >= 11 is 5.82. The van der Waals surface area contributed by atoms with Gasteiger partial charge in [0, 0.05) is 30.6 Å². The molecule has 98 valence electrons. The Morgan fingerprint density at radius 1 is 1.28 bits per heavy atom. The normalized spacial score (nSPS) is 16.9. The van der Waals surface area contributed by atoms with E-state index in [-0.39, 0.29) is 11.9 Å². The molecule has 1 saturated heterocycles. The molecule has 0 unspecified atom stereocenters. The van der Waals surface area contributed by atoms with E-state index in [9.17, 15) is 4.79 Å². The predicted octanol–water partition coefficient (Wildman–Crippen LogP) is 2.22. The molecule has 1 aromatic carbocycles. The average Bonchev–Trinajstić information content (AvgIpc) is 2.38. The third-order valence-electron chi connectivity index (χ3n) is 3.43. The number of amides is 1. The summed E-state index contributed by atoms with van der Waals surface area (Å²) in [5.41, 5.74) is 6.98. The maximum Gasteiger partial charge on any atom is 0.222 e. The van der Waals surface area contributed by atoms with Gasteiger partial charge in [-0.05, 0) is 37.0 Å². The Hall–Kier alpha value is -1.06. The molecule has 0 spiro atoms. The lowest BCUT2D eigenvalue weighted by Crippen LogP contribution is -2.42. The van der Waals surface area contributed by atoms with E-state index in [1.54, 1.807) is 0 Å². The largest absolute Gasteiger partial charge is 0.343 e. The summed E-state index contributed by atoms with van der Waals surface area (Å²) in [5.74, 6) is 0.233. The smallest absolute Gasteiger partial charge is 0.222 e. The van der Waals surface area contributed by atoms with Gasteiger partial charge in [0.25, 0.3) is 0 Å². The van der Waals surface area contributed by atoms with Crippen LogP contribution in [0.2, 0.25) is 5.02 Å². The van der Waals surface area contributed by atoms with E-state index in [2.05, 4.69) is 0 Å². The molecule has 1 fully saturated rings. The number of nitrogens with two attached hydrogens (primary N) is 1. The lowest BCUT2D eigenvalue weighted by Gasteiger charge is -2.30. The minimum atomic E-state index is 0.233. The summed E-state index contributed by atoms with van der Waals surface area (Å²) in [6, 6.07) is 7.94. The van der Waals surface area contributed by atoms with Crippen LogP contribution in [0, 0.1) is 0 Å². The molecule has 0 atom stereocenters. The van der Waals surface area contributed by atoms with Crippen molar-refractivity contribution in [3.63, 3.8) is 0 Å². The molecule has 0 aromatic heterocycles. The zero-order chi connectivity index (χ0) is 13.0. The van der Waals surface area contributed by atoms with Crippen molar-refractivity contribution >= 4 is 17.5 Å². The van der Waals surface area contributed by atoms with Crippen LogP contribution in [-0.2, 0) is 11.2 Å². The Balaban J connectivity index is 1.79. The van der Waals surface area contributed by atoms with Crippen LogP contribution in [0.3, 0.4) is 0 Å². The second-order valence-electron chi connectivity index (χ2n) is 4.84. The summed E-state index contributed by atoms with van der Waals surface area (Å²) in [4.78, 5) is 13.9. The van der Waals surface area contributed by atoms with Crippen molar-refractivity contribution in [2.45, 2.75) is 31.7 Å². The van der Waals surface area contributed by atoms with Crippen LogP contribution in [0.5, 0.6) is 0 Å². The molecule has 4 heteroatoms. The maximum atomic E-state index is 12.0. The molecule has 18 heavy (non-hydrogen) atoms. The van der Waals surface area contributed by atoms with Crippen LogP contribution in [0.1, 0.15) is 24.8 Å². The molecule has 0 aliphatic carbocycles. The minimum Gasteiger partial charge on any atom is -0.343 e. The van der Waals surface area contributed by atoms with Crippen molar-refractivity contribution in [3.8, 4) is 0 Å². The summed E-state index contributed by atoms with van der Waals surface area (Å²) in [5, 5.41) is 0.732. The molecule has 3 nitrogen and oxygen atoms in total. The van der Waals surface area contributed by atoms with Gasteiger partial charge < -0.3 is 10.6 Å². The highest BCUT2D eigenvalue weighted by molar-refractivity contribution is 6.30. The number of aryl methyl sites for hydroxylation is 1. The van der Waals surface area contributed by atoms with Crippen LogP contribution in [-0.4, -0.2) is 29.9 Å². The van der Waals surface area contributed by atoms with Gasteiger partial charge >= 0.3 is 0 Å². The summed E-state index contributed by atoms with van der Waals surface area (Å²) in [6.07, 6.45) is 3.19. The molecule has 1 aliphatic rings. The van der Waals surface area contributed by atoms with Crippen LogP contribution < -0.4 is 5.73 Å². The van der Waals surface area contributed by atoms with Gasteiger partial charge in [-0.2, -0.15) is 0 Å². The van der Waals surface area contributed by atoms with E-state index in [1.807, 2.05) is 29.2 Å². The zero-order valence-electron chi connectivity index (χ0n) is 10.4. The third kappa shape index (κ3) is 3.72. The SMILES string of the molecule is NC1CCN(C(=O)CCc2ccc(Cl)cc2)CC1. The van der Waals surface area contributed by atoms with Crippen molar-refractivity contribution in [1.29, 1.82) is 0 Å². The second-order valence-corrected chi connectivity index (χ2v) is 5.28. The van der Waals surface area contributed by atoms with Gasteiger partial charge in [-0.1, -0.05) is 23.7 Å². The first-order valence-corrected chi connectivity index (χ1v) is 6.81. The second kappa shape index (κ2) is 6.21. The number of nitrogens with zero attached hydrogens (tertiary/aromatic N) is 1. The highest BCUT2D eigenvalue weighted by atomic mass is 35.5. The van der Waals surface area contributed by atoms with Gasteiger partial charge in [0.15, 0.2) is 0 Å². The number of hydrogen-bond acceptors (Lipinski definition) is 2. The first kappa shape index (κ1) is 13.4. The fraction of sp³-hybridized carbons (Fsp3) is 0.500. The molecule has 1 heterocycles. The molecule has 0 saturated carbocycles. The molecule has 2 rings (SSSR count). The number of carbonyl (C=O) groups excluding carboxylic acids is 1. The highest BCUT2D eigenvalue weighted by Gasteiger charge is 2.19. The van der Waals surface area contributed by atoms with Crippen LogP contribution >= 0.6 is 11.6 Å². The van der Waals surface area contributed by atoms with Crippen LogP contribution in [0.15, 0.2) is 24.3 Å². The standard InChI is InChI=1S/C14H19ClN2O/c15-12-4-1-11(2-5-12)3-6-14(18)17-9-7-13(16)8-10-17/h1-2,4-5,13H,3,6-10,16H2. The third-order valence-corrected chi connectivity index (χ3v) is 3.69. The number of benzene rings is 1. The number of carbonyl (C=O) groups is 1. The Morgan fingerprint density at radius 2 is 1.89 bits per heavy atom. The van der Waals surface area contributed by atoms with Gasteiger partial charge in [-0.25, -0.2) is 0 Å². The van der Waals surface area contributed by atoms with Gasteiger partial charge in [-0.3, -0.25) is 4.79 Å². The van der Waals surface area contributed by atoms with Crippen molar-refractivity contribution in [1.82, 2.24) is 4.90 Å². The van der Waals surface area contributed by atoms with Crippen molar-refractivity contribution < 1.29 is 4.79 Å². The Bertz CT molecular complexity index is 397. The number of hydrogen-bond donors (Lipinski definition) is 1.